The third-order valence-corrected chi connectivity index (χ3v) is 3.49. The predicted octanol–water partition coefficient (Wildman–Crippen LogP) is -0.643. The molecule has 0 spiro atoms. The highest BCUT2D eigenvalue weighted by Crippen LogP contribution is 2.34. The molecule has 130 valence electrons. The molecule has 1 fully saturated rings. The average molecular weight is 352 g/mol. The van der Waals surface area contributed by atoms with Crippen molar-refractivity contribution in [2.45, 2.75) is 32.1 Å². The van der Waals surface area contributed by atoms with E-state index in [0.29, 0.717) is 18.4 Å². The molecule has 2 atom stereocenters. The third-order valence-electron chi connectivity index (χ3n) is 2.99. The third kappa shape index (κ3) is 5.41. The Kier molecular flexibility index (Phi) is 6.42. The van der Waals surface area contributed by atoms with E-state index in [9.17, 15) is 18.9 Å². The topological polar surface area (TPSA) is 179 Å². The van der Waals surface area contributed by atoms with Crippen LogP contribution in [-0.2, 0) is 9.30 Å². The number of carboxylic acid groups (broad SMARTS) is 1. The van der Waals surface area contributed by atoms with Crippen LogP contribution in [0.4, 0.5) is 4.79 Å². The SMILES string of the molecule is Cc1cn([C@H]2CC[C@@H](CO)O2)c(=O)[nH]c1=O.O=C(O)P(=O)(O)O. The maximum atomic E-state index is 11.5. The number of aliphatic hydroxyl groups is 1. The number of ether oxygens (including phenoxy) is 1. The van der Waals surface area contributed by atoms with Crippen molar-refractivity contribution in [3.63, 3.8) is 0 Å². The summed E-state index contributed by atoms with van der Waals surface area (Å²) in [5.41, 5.74) is -2.47. The Morgan fingerprint density at radius 2 is 2.00 bits per heavy atom. The molecule has 0 radical (unpaired) electrons. The lowest BCUT2D eigenvalue weighted by atomic mass is 10.2. The largest absolute Gasteiger partial charge is 0.472 e. The van der Waals surface area contributed by atoms with Crippen molar-refractivity contribution >= 4 is 13.3 Å². The molecule has 2 heterocycles. The molecule has 1 aromatic heterocycles. The van der Waals surface area contributed by atoms with E-state index in [-0.39, 0.29) is 24.5 Å². The molecular formula is C11H17N2O9P. The Balaban J connectivity index is 0.000000322. The first kappa shape index (κ1) is 19.3. The molecule has 0 unspecified atom stereocenters. The predicted molar refractivity (Wildman–Crippen MR) is 76.4 cm³/mol. The van der Waals surface area contributed by atoms with Crippen molar-refractivity contribution in [2.75, 3.05) is 6.61 Å². The summed E-state index contributed by atoms with van der Waals surface area (Å²) in [6.07, 6.45) is 2.26. The number of hydrogen-bond donors (Lipinski definition) is 5. The highest BCUT2D eigenvalue weighted by Gasteiger charge is 2.26. The number of H-pyrrole nitrogens is 1. The molecule has 2 rings (SSSR count). The van der Waals surface area contributed by atoms with Crippen molar-refractivity contribution in [3.8, 4) is 0 Å². The van der Waals surface area contributed by atoms with E-state index in [4.69, 9.17) is 24.7 Å². The lowest BCUT2D eigenvalue weighted by Crippen LogP contribution is -2.33. The monoisotopic (exact) mass is 352 g/mol. The van der Waals surface area contributed by atoms with Crippen molar-refractivity contribution in [2.24, 2.45) is 0 Å². The molecule has 0 amide bonds. The van der Waals surface area contributed by atoms with E-state index in [1.165, 1.54) is 10.8 Å². The number of nitrogens with one attached hydrogen (secondary N) is 1. The number of nitrogens with zero attached hydrogens (tertiary/aromatic N) is 1. The van der Waals surface area contributed by atoms with Crippen molar-refractivity contribution in [3.05, 3.63) is 32.6 Å². The van der Waals surface area contributed by atoms with Crippen LogP contribution >= 0.6 is 7.60 Å². The number of hydrogen-bond acceptors (Lipinski definition) is 6. The summed E-state index contributed by atoms with van der Waals surface area (Å²) in [6, 6.07) is 0. The van der Waals surface area contributed by atoms with Gasteiger partial charge in [-0.15, -0.1) is 0 Å². The molecule has 1 aromatic rings. The Bertz CT molecular complexity index is 719. The van der Waals surface area contributed by atoms with E-state index >= 15 is 0 Å². The molecule has 12 heteroatoms. The van der Waals surface area contributed by atoms with Gasteiger partial charge in [0.05, 0.1) is 12.7 Å². The van der Waals surface area contributed by atoms with Crippen LogP contribution in [-0.4, -0.2) is 48.0 Å². The van der Waals surface area contributed by atoms with E-state index in [1.54, 1.807) is 6.92 Å². The smallest absolute Gasteiger partial charge is 0.433 e. The van der Waals surface area contributed by atoms with Gasteiger partial charge in [-0.2, -0.15) is 0 Å². The maximum Gasteiger partial charge on any atom is 0.433 e. The second kappa shape index (κ2) is 7.66. The van der Waals surface area contributed by atoms with Crippen LogP contribution in [0, 0.1) is 6.92 Å². The van der Waals surface area contributed by atoms with Gasteiger partial charge in [0, 0.05) is 11.8 Å². The molecule has 0 bridgehead atoms. The summed E-state index contributed by atoms with van der Waals surface area (Å²) >= 11 is 0. The van der Waals surface area contributed by atoms with Gasteiger partial charge in [-0.05, 0) is 19.8 Å². The summed E-state index contributed by atoms with van der Waals surface area (Å²) < 4.78 is 16.3. The first-order valence-corrected chi connectivity index (χ1v) is 8.05. The van der Waals surface area contributed by atoms with Gasteiger partial charge in [0.1, 0.15) is 6.23 Å². The molecule has 1 aliphatic rings. The van der Waals surface area contributed by atoms with Crippen LogP contribution in [0.2, 0.25) is 0 Å². The molecule has 0 saturated carbocycles. The van der Waals surface area contributed by atoms with E-state index in [2.05, 4.69) is 4.98 Å². The van der Waals surface area contributed by atoms with Gasteiger partial charge in [0.25, 0.3) is 5.56 Å². The number of aliphatic hydroxyl groups excluding tert-OH is 1. The first-order valence-electron chi connectivity index (χ1n) is 6.43. The minimum absolute atomic E-state index is 0.0480. The molecular weight excluding hydrogens is 335 g/mol. The highest BCUT2D eigenvalue weighted by molar-refractivity contribution is 7.69. The number of aromatic amines is 1. The van der Waals surface area contributed by atoms with Gasteiger partial charge in [-0.3, -0.25) is 14.3 Å². The van der Waals surface area contributed by atoms with Gasteiger partial charge in [0.2, 0.25) is 0 Å². The molecule has 1 saturated heterocycles. The number of rotatable bonds is 3. The Hall–Kier alpha value is -1.78. The molecule has 0 aliphatic carbocycles. The fourth-order valence-electron chi connectivity index (χ4n) is 1.83. The van der Waals surface area contributed by atoms with Gasteiger partial charge in [-0.25, -0.2) is 14.2 Å². The van der Waals surface area contributed by atoms with Crippen LogP contribution in [0.1, 0.15) is 24.6 Å². The minimum Gasteiger partial charge on any atom is -0.472 e. The number of carbonyl (C=O) groups is 1. The second-order valence-electron chi connectivity index (χ2n) is 4.78. The summed E-state index contributed by atoms with van der Waals surface area (Å²) in [6.45, 7) is 1.58. The Morgan fingerprint density at radius 3 is 2.43 bits per heavy atom. The van der Waals surface area contributed by atoms with Crippen LogP contribution in [0.3, 0.4) is 0 Å². The van der Waals surface area contributed by atoms with Crippen LogP contribution in [0.25, 0.3) is 0 Å². The zero-order valence-electron chi connectivity index (χ0n) is 12.1. The zero-order chi connectivity index (χ0) is 17.8. The lowest BCUT2D eigenvalue weighted by molar-refractivity contribution is -0.0247. The van der Waals surface area contributed by atoms with Crippen molar-refractivity contribution in [1.29, 1.82) is 0 Å². The van der Waals surface area contributed by atoms with Gasteiger partial charge in [-0.1, -0.05) is 0 Å². The van der Waals surface area contributed by atoms with Crippen molar-refractivity contribution < 1.29 is 34.1 Å². The summed E-state index contributed by atoms with van der Waals surface area (Å²) in [5.74, 6) is 0. The Labute approximate surface area is 129 Å². The highest BCUT2D eigenvalue weighted by atomic mass is 31.2. The van der Waals surface area contributed by atoms with Gasteiger partial charge < -0.3 is 24.7 Å². The minimum atomic E-state index is -4.82. The standard InChI is InChI=1S/C10H14N2O4.CH3O5P/c1-6-4-12(10(15)11-9(6)14)8-3-2-7(5-13)16-8;2-1(3)7(4,5)6/h4,7-8,13H,2-3,5H2,1H3,(H,11,14,15);(H,2,3)(H2,4,5,6)/t7-,8+;/m0./s1. The van der Waals surface area contributed by atoms with Gasteiger partial charge in [0.15, 0.2) is 0 Å². The van der Waals surface area contributed by atoms with Gasteiger partial charge >= 0.3 is 19.0 Å². The van der Waals surface area contributed by atoms with E-state index in [0.717, 1.165) is 0 Å². The summed E-state index contributed by atoms with van der Waals surface area (Å²) in [5, 5.41) is 16.4. The van der Waals surface area contributed by atoms with E-state index in [1.807, 2.05) is 0 Å². The van der Waals surface area contributed by atoms with E-state index < -0.39 is 19.0 Å². The average Bonchev–Trinajstić information content (AvgIpc) is 2.91. The Morgan fingerprint density at radius 1 is 1.43 bits per heavy atom. The number of aryl methyl sites for hydroxylation is 1. The molecule has 0 aromatic carbocycles. The summed E-state index contributed by atoms with van der Waals surface area (Å²) in [4.78, 5) is 49.4. The zero-order valence-corrected chi connectivity index (χ0v) is 13.0. The van der Waals surface area contributed by atoms with Crippen LogP contribution in [0.15, 0.2) is 15.8 Å². The molecule has 1 aliphatic heterocycles. The fraction of sp³-hybridized carbons (Fsp3) is 0.545. The van der Waals surface area contributed by atoms with Crippen LogP contribution in [0.5, 0.6) is 0 Å². The van der Waals surface area contributed by atoms with Crippen molar-refractivity contribution in [1.82, 2.24) is 9.55 Å². The number of aromatic nitrogens is 2. The summed E-state index contributed by atoms with van der Waals surface area (Å²) in [7, 11) is -4.82. The second-order valence-corrected chi connectivity index (χ2v) is 6.25. The fourth-order valence-corrected chi connectivity index (χ4v) is 1.83. The maximum absolute atomic E-state index is 11.5. The normalized spacial score (nSPS) is 20.7. The molecule has 11 nitrogen and oxygen atoms in total. The van der Waals surface area contributed by atoms with Crippen LogP contribution < -0.4 is 11.2 Å². The molecule has 5 N–H and O–H groups in total. The first-order chi connectivity index (χ1) is 10.6. The molecule has 23 heavy (non-hydrogen) atoms. The lowest BCUT2D eigenvalue weighted by Gasteiger charge is -2.14. The quantitative estimate of drug-likeness (QED) is 0.442.